The number of nitro benzene ring substituents is 1. The Morgan fingerprint density at radius 1 is 1.38 bits per heavy atom. The third kappa shape index (κ3) is 5.98. The molecule has 1 heterocycles. The van der Waals surface area contributed by atoms with Crippen LogP contribution < -0.4 is 16.0 Å². The van der Waals surface area contributed by atoms with Gasteiger partial charge in [-0.25, -0.2) is 0 Å². The van der Waals surface area contributed by atoms with Crippen LogP contribution in [0.15, 0.2) is 18.2 Å². The van der Waals surface area contributed by atoms with Gasteiger partial charge in [-0.2, -0.15) is 0 Å². The molecule has 0 bridgehead atoms. The molecule has 8 heteroatoms. The maximum Gasteiger partial charge on any atom is 0.292 e. The number of carbonyl (C=O) groups is 1. The monoisotopic (exact) mass is 356 g/mol. The van der Waals surface area contributed by atoms with Gasteiger partial charge in [0.15, 0.2) is 0 Å². The number of amides is 1. The molecule has 3 N–H and O–H groups in total. The Bertz CT molecular complexity index is 562. The van der Waals surface area contributed by atoms with Crippen LogP contribution in [0.5, 0.6) is 0 Å². The van der Waals surface area contributed by atoms with Gasteiger partial charge in [-0.3, -0.25) is 14.9 Å². The standard InChI is InChI=1S/C16H24N4O3.ClH/c1-12-6-7-13(15(11-12)20(22)23)17-9-4-10-19-16(21)14-5-2-3-8-18-14;/h6-7,11,14,17-18H,2-5,8-10H2,1H3,(H,19,21);1H. The average Bonchev–Trinajstić information content (AvgIpc) is 2.56. The van der Waals surface area contributed by atoms with Crippen LogP contribution >= 0.6 is 12.4 Å². The van der Waals surface area contributed by atoms with Gasteiger partial charge in [0.1, 0.15) is 5.69 Å². The van der Waals surface area contributed by atoms with Crippen LogP contribution in [0.4, 0.5) is 11.4 Å². The first-order valence-corrected chi connectivity index (χ1v) is 8.08. The summed E-state index contributed by atoms with van der Waals surface area (Å²) in [5.74, 6) is 0.0472. The van der Waals surface area contributed by atoms with Crippen molar-refractivity contribution in [2.24, 2.45) is 0 Å². The molecule has 1 aliphatic rings. The molecule has 0 saturated carbocycles. The molecule has 1 amide bonds. The van der Waals surface area contributed by atoms with Crippen LogP contribution in [0, 0.1) is 17.0 Å². The molecular weight excluding hydrogens is 332 g/mol. The minimum atomic E-state index is -0.383. The Labute approximate surface area is 148 Å². The highest BCUT2D eigenvalue weighted by Gasteiger charge is 2.19. The summed E-state index contributed by atoms with van der Waals surface area (Å²) >= 11 is 0. The number of halogens is 1. The van der Waals surface area contributed by atoms with E-state index >= 15 is 0 Å². The quantitative estimate of drug-likeness (QED) is 0.396. The second kappa shape index (κ2) is 10.1. The fourth-order valence-corrected chi connectivity index (χ4v) is 2.66. The van der Waals surface area contributed by atoms with Gasteiger partial charge in [0.05, 0.1) is 11.0 Å². The predicted octanol–water partition coefficient (Wildman–Crippen LogP) is 2.39. The van der Waals surface area contributed by atoms with Crippen molar-refractivity contribution >= 4 is 29.7 Å². The fraction of sp³-hybridized carbons (Fsp3) is 0.562. The zero-order chi connectivity index (χ0) is 16.7. The molecule has 1 saturated heterocycles. The van der Waals surface area contributed by atoms with E-state index < -0.39 is 0 Å². The molecule has 0 radical (unpaired) electrons. The molecule has 7 nitrogen and oxygen atoms in total. The zero-order valence-electron chi connectivity index (χ0n) is 13.8. The number of rotatable bonds is 7. The van der Waals surface area contributed by atoms with E-state index in [4.69, 9.17) is 0 Å². The van der Waals surface area contributed by atoms with Gasteiger partial charge in [0.2, 0.25) is 5.91 Å². The third-order valence-corrected chi connectivity index (χ3v) is 3.94. The smallest absolute Gasteiger partial charge is 0.292 e. The van der Waals surface area contributed by atoms with Crippen molar-refractivity contribution in [3.05, 3.63) is 33.9 Å². The predicted molar refractivity (Wildman–Crippen MR) is 96.8 cm³/mol. The Morgan fingerprint density at radius 2 is 2.17 bits per heavy atom. The third-order valence-electron chi connectivity index (χ3n) is 3.94. The first-order chi connectivity index (χ1) is 11.1. The van der Waals surface area contributed by atoms with Crippen molar-refractivity contribution in [2.75, 3.05) is 25.0 Å². The average molecular weight is 357 g/mol. The van der Waals surface area contributed by atoms with Crippen molar-refractivity contribution in [2.45, 2.75) is 38.6 Å². The maximum absolute atomic E-state index is 11.9. The lowest BCUT2D eigenvalue weighted by atomic mass is 10.0. The maximum atomic E-state index is 11.9. The summed E-state index contributed by atoms with van der Waals surface area (Å²) in [4.78, 5) is 22.6. The molecular formula is C16H25ClN4O3. The Balaban J connectivity index is 0.00000288. The topological polar surface area (TPSA) is 96.3 Å². The lowest BCUT2D eigenvalue weighted by Crippen LogP contribution is -2.46. The molecule has 0 spiro atoms. The lowest BCUT2D eigenvalue weighted by molar-refractivity contribution is -0.384. The number of hydrogen-bond acceptors (Lipinski definition) is 5. The number of benzene rings is 1. The van der Waals surface area contributed by atoms with E-state index in [1.54, 1.807) is 12.1 Å². The molecule has 1 atom stereocenters. The van der Waals surface area contributed by atoms with E-state index in [9.17, 15) is 14.9 Å². The Kier molecular flexibility index (Phi) is 8.49. The number of nitrogens with zero attached hydrogens (tertiary/aromatic N) is 1. The van der Waals surface area contributed by atoms with Gasteiger partial charge in [-0.15, -0.1) is 12.4 Å². The number of aryl methyl sites for hydroxylation is 1. The molecule has 1 aliphatic heterocycles. The van der Waals surface area contributed by atoms with Gasteiger partial charge < -0.3 is 16.0 Å². The van der Waals surface area contributed by atoms with Crippen molar-refractivity contribution in [3.63, 3.8) is 0 Å². The van der Waals surface area contributed by atoms with Crippen molar-refractivity contribution < 1.29 is 9.72 Å². The minimum Gasteiger partial charge on any atom is -0.379 e. The first kappa shape index (κ1) is 20.2. The number of piperidine rings is 1. The number of carbonyl (C=O) groups excluding carboxylic acids is 1. The van der Waals surface area contributed by atoms with Gasteiger partial charge in [-0.05, 0) is 44.4 Å². The van der Waals surface area contributed by atoms with E-state index in [1.165, 1.54) is 0 Å². The summed E-state index contributed by atoms with van der Waals surface area (Å²) in [6.07, 6.45) is 3.82. The van der Waals surface area contributed by atoms with Crippen molar-refractivity contribution in [1.82, 2.24) is 10.6 Å². The largest absolute Gasteiger partial charge is 0.379 e. The van der Waals surface area contributed by atoms with Crippen LogP contribution in [-0.4, -0.2) is 36.5 Å². The minimum absolute atomic E-state index is 0. The molecule has 1 aromatic carbocycles. The van der Waals surface area contributed by atoms with E-state index in [0.717, 1.165) is 31.4 Å². The molecule has 0 aliphatic carbocycles. The number of anilines is 1. The van der Waals surface area contributed by atoms with Crippen molar-refractivity contribution in [1.29, 1.82) is 0 Å². The van der Waals surface area contributed by atoms with Crippen LogP contribution in [0.3, 0.4) is 0 Å². The molecule has 1 unspecified atom stereocenters. The molecule has 24 heavy (non-hydrogen) atoms. The summed E-state index contributed by atoms with van der Waals surface area (Å²) < 4.78 is 0. The van der Waals surface area contributed by atoms with E-state index in [-0.39, 0.29) is 35.0 Å². The fourth-order valence-electron chi connectivity index (χ4n) is 2.66. The van der Waals surface area contributed by atoms with E-state index in [0.29, 0.717) is 25.2 Å². The van der Waals surface area contributed by atoms with Crippen molar-refractivity contribution in [3.8, 4) is 0 Å². The van der Waals surface area contributed by atoms with Crippen LogP contribution in [0.1, 0.15) is 31.2 Å². The molecule has 134 valence electrons. The molecule has 0 aromatic heterocycles. The highest BCUT2D eigenvalue weighted by atomic mass is 35.5. The summed E-state index contributed by atoms with van der Waals surface area (Å²) in [7, 11) is 0. The summed E-state index contributed by atoms with van der Waals surface area (Å²) in [6.45, 7) is 3.86. The second-order valence-electron chi connectivity index (χ2n) is 5.85. The number of nitrogens with one attached hydrogen (secondary N) is 3. The number of hydrogen-bond donors (Lipinski definition) is 3. The van der Waals surface area contributed by atoms with Crippen LogP contribution in [0.25, 0.3) is 0 Å². The van der Waals surface area contributed by atoms with Crippen LogP contribution in [0.2, 0.25) is 0 Å². The first-order valence-electron chi connectivity index (χ1n) is 8.08. The second-order valence-corrected chi connectivity index (χ2v) is 5.85. The van der Waals surface area contributed by atoms with Gasteiger partial charge in [-0.1, -0.05) is 12.5 Å². The highest BCUT2D eigenvalue weighted by molar-refractivity contribution is 5.85. The van der Waals surface area contributed by atoms with Crippen LogP contribution in [-0.2, 0) is 4.79 Å². The van der Waals surface area contributed by atoms with E-state index in [2.05, 4.69) is 16.0 Å². The molecule has 2 rings (SSSR count). The highest BCUT2D eigenvalue weighted by Crippen LogP contribution is 2.25. The zero-order valence-corrected chi connectivity index (χ0v) is 14.7. The van der Waals surface area contributed by atoms with E-state index in [1.807, 2.05) is 13.0 Å². The van der Waals surface area contributed by atoms with Gasteiger partial charge in [0, 0.05) is 19.2 Å². The van der Waals surface area contributed by atoms with Gasteiger partial charge >= 0.3 is 0 Å². The summed E-state index contributed by atoms with van der Waals surface area (Å²) in [5, 5.41) is 20.2. The van der Waals surface area contributed by atoms with Gasteiger partial charge in [0.25, 0.3) is 5.69 Å². The SMILES string of the molecule is Cc1ccc(NCCCNC(=O)C2CCCCN2)c([N+](=O)[O-])c1.Cl. The molecule has 1 fully saturated rings. The number of nitro groups is 1. The Morgan fingerprint density at radius 3 is 2.83 bits per heavy atom. The Hall–Kier alpha value is -1.86. The molecule has 1 aromatic rings. The normalized spacial score (nSPS) is 16.8. The lowest BCUT2D eigenvalue weighted by Gasteiger charge is -2.22. The summed E-state index contributed by atoms with van der Waals surface area (Å²) in [5.41, 5.74) is 1.45. The summed E-state index contributed by atoms with van der Waals surface area (Å²) in [6, 6.07) is 5.04.